The summed E-state index contributed by atoms with van der Waals surface area (Å²) in [6, 6.07) is 5.81. The van der Waals surface area contributed by atoms with E-state index in [1.54, 1.807) is 0 Å². The van der Waals surface area contributed by atoms with Gasteiger partial charge in [0.15, 0.2) is 0 Å². The SMILES string of the molecule is O=C(O)C1CCCN(C(=O)c2ccc(S(=O)(=O)NC3CC3)cc2)C1. The smallest absolute Gasteiger partial charge is 0.308 e. The number of carboxylic acids is 1. The average Bonchev–Trinajstić information content (AvgIpc) is 3.37. The summed E-state index contributed by atoms with van der Waals surface area (Å²) in [6.07, 6.45) is 2.94. The van der Waals surface area contributed by atoms with Crippen LogP contribution in [0.3, 0.4) is 0 Å². The molecular formula is C16H20N2O5S. The van der Waals surface area contributed by atoms with Crippen molar-refractivity contribution in [1.29, 1.82) is 0 Å². The van der Waals surface area contributed by atoms with Crippen molar-refractivity contribution in [2.24, 2.45) is 5.92 Å². The van der Waals surface area contributed by atoms with Crippen LogP contribution in [0.4, 0.5) is 0 Å². The number of carbonyl (C=O) groups is 2. The van der Waals surface area contributed by atoms with Crippen molar-refractivity contribution in [3.05, 3.63) is 29.8 Å². The summed E-state index contributed by atoms with van der Waals surface area (Å²) in [5.74, 6) is -1.69. The minimum atomic E-state index is -3.54. The monoisotopic (exact) mass is 352 g/mol. The van der Waals surface area contributed by atoms with Crippen LogP contribution in [0.1, 0.15) is 36.0 Å². The Morgan fingerprint density at radius 2 is 1.79 bits per heavy atom. The maximum absolute atomic E-state index is 12.5. The Bertz CT molecular complexity index is 740. The van der Waals surface area contributed by atoms with Gasteiger partial charge in [-0.15, -0.1) is 0 Å². The minimum absolute atomic E-state index is 0.0256. The first-order valence-electron chi connectivity index (χ1n) is 8.01. The number of sulfonamides is 1. The maximum Gasteiger partial charge on any atom is 0.308 e. The average molecular weight is 352 g/mol. The second-order valence-corrected chi connectivity index (χ2v) is 8.06. The van der Waals surface area contributed by atoms with E-state index in [2.05, 4.69) is 4.72 Å². The molecule has 2 fully saturated rings. The molecule has 1 unspecified atom stereocenters. The molecule has 1 saturated heterocycles. The number of carbonyl (C=O) groups excluding carboxylic acids is 1. The fraction of sp³-hybridized carbons (Fsp3) is 0.500. The van der Waals surface area contributed by atoms with Gasteiger partial charge in [0, 0.05) is 24.7 Å². The molecule has 0 bridgehead atoms. The topological polar surface area (TPSA) is 104 Å². The largest absolute Gasteiger partial charge is 0.481 e. The highest BCUT2D eigenvalue weighted by molar-refractivity contribution is 7.89. The van der Waals surface area contributed by atoms with E-state index < -0.39 is 21.9 Å². The molecule has 130 valence electrons. The fourth-order valence-electron chi connectivity index (χ4n) is 2.81. The summed E-state index contributed by atoms with van der Waals surface area (Å²) in [4.78, 5) is 25.2. The first-order chi connectivity index (χ1) is 11.4. The molecule has 2 aliphatic rings. The highest BCUT2D eigenvalue weighted by atomic mass is 32.2. The number of amides is 1. The third-order valence-corrected chi connectivity index (χ3v) is 5.90. The molecule has 1 heterocycles. The summed E-state index contributed by atoms with van der Waals surface area (Å²) in [5, 5.41) is 9.10. The van der Waals surface area contributed by atoms with Crippen molar-refractivity contribution in [3.8, 4) is 0 Å². The number of aliphatic carboxylic acids is 1. The number of nitrogens with one attached hydrogen (secondary N) is 1. The van der Waals surface area contributed by atoms with Gasteiger partial charge in [-0.25, -0.2) is 13.1 Å². The van der Waals surface area contributed by atoms with E-state index in [1.807, 2.05) is 0 Å². The molecule has 3 rings (SSSR count). The lowest BCUT2D eigenvalue weighted by Gasteiger charge is -2.30. The number of nitrogens with zero attached hydrogens (tertiary/aromatic N) is 1. The molecule has 1 aliphatic heterocycles. The van der Waals surface area contributed by atoms with Crippen LogP contribution < -0.4 is 4.72 Å². The first-order valence-corrected chi connectivity index (χ1v) is 9.49. The summed E-state index contributed by atoms with van der Waals surface area (Å²) in [6.45, 7) is 0.712. The van der Waals surface area contributed by atoms with Crippen molar-refractivity contribution in [3.63, 3.8) is 0 Å². The van der Waals surface area contributed by atoms with Crippen LogP contribution >= 0.6 is 0 Å². The zero-order valence-electron chi connectivity index (χ0n) is 13.1. The van der Waals surface area contributed by atoms with Crippen LogP contribution in [0.5, 0.6) is 0 Å². The summed E-state index contributed by atoms with van der Waals surface area (Å²) >= 11 is 0. The molecule has 1 aromatic rings. The summed E-state index contributed by atoms with van der Waals surface area (Å²) < 4.78 is 26.8. The van der Waals surface area contributed by atoms with Crippen molar-refractivity contribution in [1.82, 2.24) is 9.62 Å². The molecule has 1 saturated carbocycles. The number of benzene rings is 1. The van der Waals surface area contributed by atoms with Gasteiger partial charge in [0.05, 0.1) is 10.8 Å². The van der Waals surface area contributed by atoms with Crippen molar-refractivity contribution in [2.45, 2.75) is 36.6 Å². The van der Waals surface area contributed by atoms with Crippen LogP contribution in [0, 0.1) is 5.92 Å². The van der Waals surface area contributed by atoms with E-state index in [0.29, 0.717) is 24.9 Å². The predicted molar refractivity (Wildman–Crippen MR) is 86.0 cm³/mol. The lowest BCUT2D eigenvalue weighted by molar-refractivity contribution is -0.143. The van der Waals surface area contributed by atoms with Gasteiger partial charge in [-0.3, -0.25) is 9.59 Å². The third kappa shape index (κ3) is 3.76. The molecule has 0 spiro atoms. The highest BCUT2D eigenvalue weighted by Crippen LogP contribution is 2.23. The molecular weight excluding hydrogens is 332 g/mol. The molecule has 24 heavy (non-hydrogen) atoms. The second kappa shape index (κ2) is 6.52. The molecule has 0 radical (unpaired) electrons. The molecule has 1 aromatic carbocycles. The molecule has 7 nitrogen and oxygen atoms in total. The molecule has 8 heteroatoms. The molecule has 1 amide bonds. The Labute approximate surface area is 140 Å². The van der Waals surface area contributed by atoms with Gasteiger partial charge in [0.2, 0.25) is 10.0 Å². The van der Waals surface area contributed by atoms with E-state index in [0.717, 1.165) is 12.8 Å². The third-order valence-electron chi connectivity index (χ3n) is 4.37. The van der Waals surface area contributed by atoms with Gasteiger partial charge in [0.25, 0.3) is 5.91 Å². The number of carboxylic acid groups (broad SMARTS) is 1. The van der Waals surface area contributed by atoms with E-state index in [-0.39, 0.29) is 23.4 Å². The fourth-order valence-corrected chi connectivity index (χ4v) is 4.12. The zero-order chi connectivity index (χ0) is 17.3. The number of piperidine rings is 1. The Morgan fingerprint density at radius 3 is 2.38 bits per heavy atom. The Hall–Kier alpha value is -1.93. The maximum atomic E-state index is 12.5. The van der Waals surface area contributed by atoms with E-state index in [9.17, 15) is 18.0 Å². The summed E-state index contributed by atoms with van der Waals surface area (Å²) in [7, 11) is -3.54. The molecule has 1 atom stereocenters. The number of likely N-dealkylation sites (tertiary alicyclic amines) is 1. The number of hydrogen-bond acceptors (Lipinski definition) is 4. The van der Waals surface area contributed by atoms with E-state index in [4.69, 9.17) is 5.11 Å². The molecule has 0 aromatic heterocycles. The van der Waals surface area contributed by atoms with Crippen LogP contribution in [0.15, 0.2) is 29.2 Å². The lowest BCUT2D eigenvalue weighted by Crippen LogP contribution is -2.42. The molecule has 1 aliphatic carbocycles. The van der Waals surface area contributed by atoms with Crippen LogP contribution in [0.25, 0.3) is 0 Å². The van der Waals surface area contributed by atoms with Gasteiger partial charge < -0.3 is 10.0 Å². The van der Waals surface area contributed by atoms with E-state index >= 15 is 0 Å². The zero-order valence-corrected chi connectivity index (χ0v) is 14.0. The predicted octanol–water partition coefficient (Wildman–Crippen LogP) is 1.06. The van der Waals surface area contributed by atoms with Crippen LogP contribution in [-0.2, 0) is 14.8 Å². The standard InChI is InChI=1S/C16H20N2O5S/c19-15(18-9-1-2-12(10-18)16(20)21)11-3-7-14(8-4-11)24(22,23)17-13-5-6-13/h3-4,7-8,12-13,17H,1-2,5-6,9-10H2,(H,20,21). The van der Waals surface area contributed by atoms with Gasteiger partial charge in [-0.2, -0.15) is 0 Å². The van der Waals surface area contributed by atoms with Gasteiger partial charge in [-0.05, 0) is 49.9 Å². The van der Waals surface area contributed by atoms with E-state index in [1.165, 1.54) is 29.2 Å². The Kier molecular flexibility index (Phi) is 4.60. The second-order valence-electron chi connectivity index (χ2n) is 6.35. The van der Waals surface area contributed by atoms with Crippen LogP contribution in [-0.4, -0.2) is 49.4 Å². The Morgan fingerprint density at radius 1 is 1.12 bits per heavy atom. The van der Waals surface area contributed by atoms with Gasteiger partial charge >= 0.3 is 5.97 Å². The van der Waals surface area contributed by atoms with Crippen molar-refractivity contribution < 1.29 is 23.1 Å². The summed E-state index contributed by atoms with van der Waals surface area (Å²) in [5.41, 5.74) is 0.367. The van der Waals surface area contributed by atoms with Crippen molar-refractivity contribution in [2.75, 3.05) is 13.1 Å². The molecule has 2 N–H and O–H groups in total. The number of hydrogen-bond donors (Lipinski definition) is 2. The quantitative estimate of drug-likeness (QED) is 0.825. The highest BCUT2D eigenvalue weighted by Gasteiger charge is 2.30. The number of rotatable bonds is 5. The van der Waals surface area contributed by atoms with Crippen molar-refractivity contribution >= 4 is 21.9 Å². The van der Waals surface area contributed by atoms with Crippen LogP contribution in [0.2, 0.25) is 0 Å². The minimum Gasteiger partial charge on any atom is -0.481 e. The normalized spacial score (nSPS) is 21.5. The first kappa shape index (κ1) is 16.9. The Balaban J connectivity index is 1.70. The van der Waals surface area contributed by atoms with Gasteiger partial charge in [0.1, 0.15) is 0 Å². The lowest BCUT2D eigenvalue weighted by atomic mass is 9.97. The van der Waals surface area contributed by atoms with Gasteiger partial charge in [-0.1, -0.05) is 0 Å².